The Kier molecular flexibility index (Phi) is 5.23. The summed E-state index contributed by atoms with van der Waals surface area (Å²) in [6.07, 6.45) is 2.42. The number of methoxy groups -OCH3 is 1. The molecule has 3 aliphatic carbocycles. The van der Waals surface area contributed by atoms with Gasteiger partial charge in [0.25, 0.3) is 0 Å². The van der Waals surface area contributed by atoms with Gasteiger partial charge in [-0.05, 0) is 50.4 Å². The first kappa shape index (κ1) is 20.4. The second-order valence-electron chi connectivity index (χ2n) is 7.69. The Hall–Kier alpha value is -1.33. The minimum absolute atomic E-state index is 0.0991. The van der Waals surface area contributed by atoms with Crippen LogP contribution in [0.4, 0.5) is 8.78 Å². The number of carbonyl (C=O) groups excluding carboxylic acids is 2. The summed E-state index contributed by atoms with van der Waals surface area (Å²) in [5, 5.41) is -5.02. The lowest BCUT2D eigenvalue weighted by molar-refractivity contribution is -0.203. The minimum atomic E-state index is -5.92. The summed E-state index contributed by atoms with van der Waals surface area (Å²) >= 11 is 0. The first-order valence-electron chi connectivity index (χ1n) is 8.74. The molecule has 0 radical (unpaired) electrons. The second-order valence-corrected chi connectivity index (χ2v) is 9.15. The van der Waals surface area contributed by atoms with Crippen LogP contribution < -0.4 is 0 Å². The van der Waals surface area contributed by atoms with Gasteiger partial charge in [-0.1, -0.05) is 0 Å². The molecule has 3 rings (SSSR count). The van der Waals surface area contributed by atoms with E-state index in [4.69, 9.17) is 18.8 Å². The molecule has 27 heavy (non-hydrogen) atoms. The first-order valence-corrected chi connectivity index (χ1v) is 10.2. The van der Waals surface area contributed by atoms with Crippen LogP contribution in [-0.2, 0) is 33.9 Å². The topological polar surface area (TPSA) is 116 Å². The van der Waals surface area contributed by atoms with Crippen molar-refractivity contribution in [2.45, 2.75) is 49.9 Å². The highest BCUT2D eigenvalue weighted by atomic mass is 32.2. The quantitative estimate of drug-likeness (QED) is 0.398. The van der Waals surface area contributed by atoms with E-state index in [1.807, 2.05) is 0 Å². The number of hydrogen-bond donors (Lipinski definition) is 1. The lowest BCUT2D eigenvalue weighted by Gasteiger charge is -2.56. The normalized spacial score (nSPS) is 35.6. The molecule has 0 amide bonds. The molecule has 0 aromatic heterocycles. The third kappa shape index (κ3) is 3.44. The Morgan fingerprint density at radius 1 is 1.19 bits per heavy atom. The van der Waals surface area contributed by atoms with Gasteiger partial charge in [0.2, 0.25) is 0 Å². The molecule has 5 unspecified atom stereocenters. The Morgan fingerprint density at radius 3 is 2.48 bits per heavy atom. The Bertz CT molecular complexity index is 720. The molecule has 3 fully saturated rings. The molecule has 8 nitrogen and oxygen atoms in total. The van der Waals surface area contributed by atoms with Crippen molar-refractivity contribution in [2.24, 2.45) is 23.2 Å². The molecule has 0 aromatic carbocycles. The largest absolute Gasteiger partial charge is 0.465 e. The predicted molar refractivity (Wildman–Crippen MR) is 84.9 cm³/mol. The van der Waals surface area contributed by atoms with Crippen LogP contribution in [-0.4, -0.2) is 50.2 Å². The zero-order valence-electron chi connectivity index (χ0n) is 14.7. The average molecular weight is 412 g/mol. The van der Waals surface area contributed by atoms with E-state index < -0.39 is 38.8 Å². The van der Waals surface area contributed by atoms with Crippen molar-refractivity contribution in [3.05, 3.63) is 0 Å². The van der Waals surface area contributed by atoms with Crippen molar-refractivity contribution in [2.75, 3.05) is 13.9 Å². The number of fused-ring (bicyclic) bond motifs is 2. The Labute approximate surface area is 155 Å². The number of alkyl halides is 2. The van der Waals surface area contributed by atoms with Gasteiger partial charge in [0.1, 0.15) is 6.10 Å². The van der Waals surface area contributed by atoms with E-state index in [-0.39, 0.29) is 24.5 Å². The highest BCUT2D eigenvalue weighted by Crippen LogP contribution is 2.59. The molecule has 0 spiro atoms. The van der Waals surface area contributed by atoms with Crippen LogP contribution in [0.2, 0.25) is 0 Å². The van der Waals surface area contributed by atoms with Crippen molar-refractivity contribution in [1.29, 1.82) is 0 Å². The van der Waals surface area contributed by atoms with E-state index in [0.29, 0.717) is 32.1 Å². The van der Waals surface area contributed by atoms with E-state index >= 15 is 0 Å². The molecule has 3 aliphatic rings. The summed E-state index contributed by atoms with van der Waals surface area (Å²) in [5.41, 5.74) is -0.765. The fourth-order valence-corrected chi connectivity index (χ4v) is 5.26. The van der Waals surface area contributed by atoms with Crippen LogP contribution in [0.5, 0.6) is 0 Å². The zero-order valence-corrected chi connectivity index (χ0v) is 15.5. The Balaban J connectivity index is 1.80. The maximum absolute atomic E-state index is 13.6. The van der Waals surface area contributed by atoms with Gasteiger partial charge in [0.15, 0.2) is 6.79 Å². The molecule has 3 bridgehead atoms. The Morgan fingerprint density at radius 2 is 1.85 bits per heavy atom. The van der Waals surface area contributed by atoms with Gasteiger partial charge in [-0.3, -0.25) is 9.35 Å². The highest BCUT2D eigenvalue weighted by Gasteiger charge is 2.61. The fraction of sp³-hybridized carbons (Fsp3) is 0.875. The third-order valence-corrected chi connectivity index (χ3v) is 7.03. The van der Waals surface area contributed by atoms with Crippen LogP contribution in [0, 0.1) is 23.2 Å². The number of esters is 2. The maximum Gasteiger partial charge on any atom is 0.465 e. The predicted octanol–water partition coefficient (Wildman–Crippen LogP) is 1.74. The van der Waals surface area contributed by atoms with Crippen LogP contribution in [0.15, 0.2) is 0 Å². The molecular weight excluding hydrogens is 390 g/mol. The van der Waals surface area contributed by atoms with Gasteiger partial charge in [0, 0.05) is 13.0 Å². The third-order valence-electron chi connectivity index (χ3n) is 6.22. The SMILES string of the molecule is COCOC(=O)C12CCC3CCC(C1)C(OC(=O)C(F)(F)S(=O)(=O)O)C3C2. The van der Waals surface area contributed by atoms with E-state index in [1.165, 1.54) is 7.11 Å². The molecule has 0 saturated heterocycles. The van der Waals surface area contributed by atoms with Gasteiger partial charge in [-0.15, -0.1) is 0 Å². The number of hydrogen-bond acceptors (Lipinski definition) is 7. The zero-order chi connectivity index (χ0) is 20.0. The number of halogens is 2. The number of carbonyl (C=O) groups is 2. The van der Waals surface area contributed by atoms with Crippen molar-refractivity contribution >= 4 is 22.1 Å². The molecule has 5 atom stereocenters. The van der Waals surface area contributed by atoms with E-state index in [9.17, 15) is 26.8 Å². The summed E-state index contributed by atoms with van der Waals surface area (Å²) in [6.45, 7) is -0.182. The molecule has 11 heteroatoms. The summed E-state index contributed by atoms with van der Waals surface area (Å²) in [4.78, 5) is 24.3. The first-order chi connectivity index (χ1) is 12.5. The number of rotatable bonds is 6. The van der Waals surface area contributed by atoms with Gasteiger partial charge in [-0.2, -0.15) is 17.2 Å². The van der Waals surface area contributed by atoms with Crippen LogP contribution in [0.3, 0.4) is 0 Å². The molecule has 3 saturated carbocycles. The van der Waals surface area contributed by atoms with Crippen LogP contribution in [0.25, 0.3) is 0 Å². The summed E-state index contributed by atoms with van der Waals surface area (Å²) in [7, 11) is -4.53. The van der Waals surface area contributed by atoms with Crippen LogP contribution in [0.1, 0.15) is 38.5 Å². The van der Waals surface area contributed by atoms with Gasteiger partial charge in [0.05, 0.1) is 5.41 Å². The van der Waals surface area contributed by atoms with Gasteiger partial charge >= 0.3 is 27.3 Å². The van der Waals surface area contributed by atoms with Crippen molar-refractivity contribution in [3.8, 4) is 0 Å². The summed E-state index contributed by atoms with van der Waals surface area (Å²) in [5.74, 6) is -3.27. The number of ether oxygens (including phenoxy) is 3. The van der Waals surface area contributed by atoms with Gasteiger partial charge < -0.3 is 14.2 Å². The van der Waals surface area contributed by atoms with Crippen molar-refractivity contribution in [1.82, 2.24) is 0 Å². The molecule has 0 heterocycles. The average Bonchev–Trinajstić information content (AvgIpc) is 2.57. The van der Waals surface area contributed by atoms with Crippen molar-refractivity contribution < 1.29 is 45.6 Å². The monoisotopic (exact) mass is 412 g/mol. The molecule has 0 aromatic rings. The van der Waals surface area contributed by atoms with E-state index in [0.717, 1.165) is 6.42 Å². The van der Waals surface area contributed by atoms with E-state index in [1.54, 1.807) is 0 Å². The van der Waals surface area contributed by atoms with Gasteiger partial charge in [-0.25, -0.2) is 4.79 Å². The molecule has 154 valence electrons. The lowest BCUT2D eigenvalue weighted by Crippen LogP contribution is -2.57. The minimum Gasteiger partial charge on any atom is -0.456 e. The summed E-state index contributed by atoms with van der Waals surface area (Å²) in [6, 6.07) is 0. The fourth-order valence-electron chi connectivity index (χ4n) is 5.00. The highest BCUT2D eigenvalue weighted by molar-refractivity contribution is 7.87. The standard InChI is InChI=1S/C16H22F2O8S/c1-24-8-25-13(19)15-5-4-9-2-3-10(6-15)12(11(9)7-15)26-14(20)16(17,18)27(21,22)23/h9-12H,2-8H2,1H3,(H,21,22,23). The lowest BCUT2D eigenvalue weighted by atomic mass is 9.50. The maximum atomic E-state index is 13.6. The van der Waals surface area contributed by atoms with E-state index in [2.05, 4.69) is 0 Å². The second kappa shape index (κ2) is 6.93. The molecule has 1 N–H and O–H groups in total. The van der Waals surface area contributed by atoms with Crippen molar-refractivity contribution in [3.63, 3.8) is 0 Å². The summed E-state index contributed by atoms with van der Waals surface area (Å²) < 4.78 is 72.1. The molecular formula is C16H22F2O8S. The molecule has 0 aliphatic heterocycles. The smallest absolute Gasteiger partial charge is 0.456 e. The van der Waals surface area contributed by atoms with Crippen LogP contribution >= 0.6 is 0 Å².